The first-order valence-electron chi connectivity index (χ1n) is 9.11. The number of piperazine rings is 1. The lowest BCUT2D eigenvalue weighted by Gasteiger charge is -2.35. The number of ether oxygens (including phenoxy) is 1. The first-order valence-corrected chi connectivity index (χ1v) is 9.49. The minimum atomic E-state index is -0.542. The van der Waals surface area contributed by atoms with Crippen molar-refractivity contribution in [3.8, 4) is 5.69 Å². The molecule has 0 atom stereocenters. The number of nitrogens with zero attached hydrogens (tertiary/aromatic N) is 5. The molecule has 1 saturated heterocycles. The summed E-state index contributed by atoms with van der Waals surface area (Å²) in [6.07, 6.45) is -0.359. The van der Waals surface area contributed by atoms with Crippen molar-refractivity contribution in [1.29, 1.82) is 0 Å². The van der Waals surface area contributed by atoms with Gasteiger partial charge in [0.2, 0.25) is 0 Å². The summed E-state index contributed by atoms with van der Waals surface area (Å²) < 4.78 is 6.98. The number of carbonyl (C=O) groups is 2. The molecule has 1 aliphatic rings. The number of hydrogen-bond acceptors (Lipinski definition) is 5. The molecule has 1 aromatic heterocycles. The van der Waals surface area contributed by atoms with E-state index in [1.807, 2.05) is 32.9 Å². The Morgan fingerprint density at radius 2 is 1.75 bits per heavy atom. The maximum atomic E-state index is 12.9. The van der Waals surface area contributed by atoms with E-state index in [1.165, 1.54) is 0 Å². The number of benzene rings is 1. The Balaban J connectivity index is 1.67. The second-order valence-electron chi connectivity index (χ2n) is 7.67. The van der Waals surface area contributed by atoms with Gasteiger partial charge in [-0.2, -0.15) is 0 Å². The molecule has 150 valence electrons. The molecule has 0 radical (unpaired) electrons. The van der Waals surface area contributed by atoms with Crippen LogP contribution in [0.2, 0.25) is 5.02 Å². The Hall–Kier alpha value is -2.61. The number of carbonyl (C=O) groups excluding carboxylic acids is 2. The number of hydrogen-bond donors (Lipinski definition) is 0. The van der Waals surface area contributed by atoms with Gasteiger partial charge in [-0.25, -0.2) is 9.48 Å². The molecule has 28 heavy (non-hydrogen) atoms. The topological polar surface area (TPSA) is 80.6 Å². The van der Waals surface area contributed by atoms with Crippen LogP contribution in [-0.4, -0.2) is 68.6 Å². The van der Waals surface area contributed by atoms with Crippen molar-refractivity contribution >= 4 is 23.6 Å². The van der Waals surface area contributed by atoms with Crippen LogP contribution >= 0.6 is 11.6 Å². The summed E-state index contributed by atoms with van der Waals surface area (Å²) in [6.45, 7) is 8.96. The lowest BCUT2D eigenvalue weighted by atomic mass is 10.2. The summed E-state index contributed by atoms with van der Waals surface area (Å²) in [6, 6.07) is 7.20. The third-order valence-electron chi connectivity index (χ3n) is 4.37. The molecule has 0 unspecified atom stereocenters. The molecule has 1 aromatic carbocycles. The summed E-state index contributed by atoms with van der Waals surface area (Å²) in [5, 5.41) is 8.76. The van der Waals surface area contributed by atoms with E-state index in [1.54, 1.807) is 33.5 Å². The Bertz CT molecular complexity index is 882. The number of rotatable bonds is 2. The Labute approximate surface area is 169 Å². The van der Waals surface area contributed by atoms with Gasteiger partial charge in [0.25, 0.3) is 5.91 Å². The van der Waals surface area contributed by atoms with Crippen molar-refractivity contribution < 1.29 is 14.3 Å². The molecule has 2 amide bonds. The van der Waals surface area contributed by atoms with E-state index in [9.17, 15) is 9.59 Å². The molecule has 1 fully saturated rings. The van der Waals surface area contributed by atoms with Crippen LogP contribution in [0.15, 0.2) is 24.3 Å². The first-order chi connectivity index (χ1) is 13.2. The summed E-state index contributed by atoms with van der Waals surface area (Å²) >= 11 is 6.04. The zero-order chi connectivity index (χ0) is 20.5. The second kappa shape index (κ2) is 7.79. The van der Waals surface area contributed by atoms with Crippen molar-refractivity contribution in [3.63, 3.8) is 0 Å². The summed E-state index contributed by atoms with van der Waals surface area (Å²) in [4.78, 5) is 28.3. The van der Waals surface area contributed by atoms with Crippen LogP contribution < -0.4 is 0 Å². The smallest absolute Gasteiger partial charge is 0.410 e. The molecule has 2 aromatic rings. The largest absolute Gasteiger partial charge is 0.444 e. The van der Waals surface area contributed by atoms with Gasteiger partial charge in [-0.15, -0.1) is 5.10 Å². The summed E-state index contributed by atoms with van der Waals surface area (Å²) in [5.74, 6) is -0.199. The van der Waals surface area contributed by atoms with Crippen molar-refractivity contribution in [2.24, 2.45) is 0 Å². The summed E-state index contributed by atoms with van der Waals surface area (Å²) in [7, 11) is 0. The molecular formula is C19H24ClN5O3. The van der Waals surface area contributed by atoms with Gasteiger partial charge in [0.1, 0.15) is 5.60 Å². The van der Waals surface area contributed by atoms with E-state index in [-0.39, 0.29) is 12.0 Å². The molecule has 0 aliphatic carbocycles. The SMILES string of the molecule is Cc1c(C(=O)N2CCN(C(=O)OC(C)(C)C)CC2)nnn1-c1cccc(Cl)c1. The quantitative estimate of drug-likeness (QED) is 0.767. The van der Waals surface area contributed by atoms with E-state index < -0.39 is 5.60 Å². The number of amides is 2. The van der Waals surface area contributed by atoms with Crippen LogP contribution in [-0.2, 0) is 4.74 Å². The highest BCUT2D eigenvalue weighted by Crippen LogP contribution is 2.18. The van der Waals surface area contributed by atoms with E-state index in [2.05, 4.69) is 10.3 Å². The van der Waals surface area contributed by atoms with Gasteiger partial charge >= 0.3 is 6.09 Å². The van der Waals surface area contributed by atoms with E-state index in [0.717, 1.165) is 5.69 Å². The van der Waals surface area contributed by atoms with Crippen LogP contribution in [0.25, 0.3) is 5.69 Å². The molecule has 0 saturated carbocycles. The molecule has 1 aliphatic heterocycles. The minimum Gasteiger partial charge on any atom is -0.444 e. The molecule has 8 nitrogen and oxygen atoms in total. The first kappa shape index (κ1) is 20.1. The van der Waals surface area contributed by atoms with Crippen molar-refractivity contribution in [2.75, 3.05) is 26.2 Å². The zero-order valence-electron chi connectivity index (χ0n) is 16.5. The van der Waals surface area contributed by atoms with Gasteiger partial charge in [-0.3, -0.25) is 4.79 Å². The summed E-state index contributed by atoms with van der Waals surface area (Å²) in [5.41, 5.74) is 1.14. The highest BCUT2D eigenvalue weighted by Gasteiger charge is 2.30. The molecule has 9 heteroatoms. The van der Waals surface area contributed by atoms with Gasteiger partial charge in [-0.05, 0) is 45.9 Å². The van der Waals surface area contributed by atoms with E-state index in [0.29, 0.717) is 42.6 Å². The van der Waals surface area contributed by atoms with Crippen LogP contribution in [0.1, 0.15) is 37.0 Å². The highest BCUT2D eigenvalue weighted by molar-refractivity contribution is 6.30. The molecular weight excluding hydrogens is 382 g/mol. The molecule has 0 spiro atoms. The van der Waals surface area contributed by atoms with Crippen molar-refractivity contribution in [1.82, 2.24) is 24.8 Å². The van der Waals surface area contributed by atoms with Crippen molar-refractivity contribution in [3.05, 3.63) is 40.7 Å². The Kier molecular flexibility index (Phi) is 5.60. The Morgan fingerprint density at radius 1 is 1.11 bits per heavy atom. The zero-order valence-corrected chi connectivity index (χ0v) is 17.2. The van der Waals surface area contributed by atoms with Crippen LogP contribution in [0, 0.1) is 6.92 Å². The third kappa shape index (κ3) is 4.44. The average molecular weight is 406 g/mol. The third-order valence-corrected chi connectivity index (χ3v) is 4.60. The van der Waals surface area contributed by atoms with Gasteiger partial charge < -0.3 is 14.5 Å². The maximum absolute atomic E-state index is 12.9. The van der Waals surface area contributed by atoms with Gasteiger partial charge in [0, 0.05) is 31.2 Å². The average Bonchev–Trinajstić information content (AvgIpc) is 3.01. The monoisotopic (exact) mass is 405 g/mol. The molecule has 3 rings (SSSR count). The predicted molar refractivity (Wildman–Crippen MR) is 105 cm³/mol. The number of halogens is 1. The van der Waals surface area contributed by atoms with Gasteiger partial charge in [0.15, 0.2) is 5.69 Å². The van der Waals surface area contributed by atoms with Crippen LogP contribution in [0.4, 0.5) is 4.79 Å². The van der Waals surface area contributed by atoms with Gasteiger partial charge in [0.05, 0.1) is 11.4 Å². The molecule has 0 bridgehead atoms. The minimum absolute atomic E-state index is 0.199. The normalized spacial score (nSPS) is 14.9. The van der Waals surface area contributed by atoms with E-state index in [4.69, 9.17) is 16.3 Å². The maximum Gasteiger partial charge on any atom is 0.410 e. The lowest BCUT2D eigenvalue weighted by Crippen LogP contribution is -2.51. The van der Waals surface area contributed by atoms with Crippen molar-refractivity contribution in [2.45, 2.75) is 33.3 Å². The standard InChI is InChI=1S/C19H24ClN5O3/c1-13-16(21-22-25(13)15-7-5-6-14(20)12-15)17(26)23-8-10-24(11-9-23)18(27)28-19(2,3)4/h5-7,12H,8-11H2,1-4H3. The second-order valence-corrected chi connectivity index (χ2v) is 8.11. The lowest BCUT2D eigenvalue weighted by molar-refractivity contribution is 0.0140. The Morgan fingerprint density at radius 3 is 2.36 bits per heavy atom. The fraction of sp³-hybridized carbons (Fsp3) is 0.474. The number of aromatic nitrogens is 3. The highest BCUT2D eigenvalue weighted by atomic mass is 35.5. The van der Waals surface area contributed by atoms with E-state index >= 15 is 0 Å². The fourth-order valence-electron chi connectivity index (χ4n) is 2.95. The fourth-order valence-corrected chi connectivity index (χ4v) is 3.13. The van der Waals surface area contributed by atoms with Gasteiger partial charge in [-0.1, -0.05) is 22.9 Å². The predicted octanol–water partition coefficient (Wildman–Crippen LogP) is 2.92. The molecule has 2 heterocycles. The van der Waals surface area contributed by atoms with Crippen LogP contribution in [0.5, 0.6) is 0 Å². The molecule has 0 N–H and O–H groups in total. The van der Waals surface area contributed by atoms with Crippen LogP contribution in [0.3, 0.4) is 0 Å².